The summed E-state index contributed by atoms with van der Waals surface area (Å²) >= 11 is 3.04. The molecule has 1 aromatic carbocycles. The van der Waals surface area contributed by atoms with E-state index in [4.69, 9.17) is 5.73 Å². The Morgan fingerprint density at radius 1 is 1.36 bits per heavy atom. The predicted molar refractivity (Wildman–Crippen MR) is 43.4 cm³/mol. The number of rotatable bonds is 1. The number of hydrogen-bond donors (Lipinski definition) is 1. The first-order valence-electron chi connectivity index (χ1n) is 2.94. The van der Waals surface area contributed by atoms with Crippen LogP contribution in [0.5, 0.6) is 0 Å². The second-order valence-electron chi connectivity index (χ2n) is 2.09. The zero-order valence-electron chi connectivity index (χ0n) is 5.57. The quantitative estimate of drug-likeness (QED) is 0.573. The third-order valence-electron chi connectivity index (χ3n) is 1.33. The molecule has 0 fully saturated rings. The second-order valence-corrected chi connectivity index (χ2v) is 2.65. The highest BCUT2D eigenvalue weighted by molar-refractivity contribution is 9.08. The van der Waals surface area contributed by atoms with E-state index in [2.05, 4.69) is 15.9 Å². The van der Waals surface area contributed by atoms with Gasteiger partial charge in [-0.05, 0) is 6.07 Å². The first kappa shape index (κ1) is 8.46. The molecule has 0 aliphatic carbocycles. The molecular weight excluding hydrogens is 216 g/mol. The van der Waals surface area contributed by atoms with Crippen LogP contribution in [-0.4, -0.2) is 0 Å². The van der Waals surface area contributed by atoms with Gasteiger partial charge in [-0.25, -0.2) is 8.78 Å². The summed E-state index contributed by atoms with van der Waals surface area (Å²) in [5.41, 5.74) is 5.76. The zero-order chi connectivity index (χ0) is 8.43. The summed E-state index contributed by atoms with van der Waals surface area (Å²) in [6.45, 7) is 0. The van der Waals surface area contributed by atoms with Crippen LogP contribution in [-0.2, 0) is 5.33 Å². The molecule has 4 heteroatoms. The predicted octanol–water partition coefficient (Wildman–Crippen LogP) is 2.44. The molecule has 0 aromatic heterocycles. The lowest BCUT2D eigenvalue weighted by molar-refractivity contribution is 0.578. The summed E-state index contributed by atoms with van der Waals surface area (Å²) in [6, 6.07) is 1.91. The van der Waals surface area contributed by atoms with Crippen LogP contribution in [0.1, 0.15) is 5.56 Å². The molecular formula is C7H6BrF2N. The van der Waals surface area contributed by atoms with Crippen molar-refractivity contribution in [3.8, 4) is 0 Å². The zero-order valence-corrected chi connectivity index (χ0v) is 7.16. The summed E-state index contributed by atoms with van der Waals surface area (Å²) in [7, 11) is 0. The van der Waals surface area contributed by atoms with E-state index in [1.807, 2.05) is 0 Å². The SMILES string of the molecule is Nc1cc(F)cc(F)c1CBr. The highest BCUT2D eigenvalue weighted by Crippen LogP contribution is 2.20. The molecule has 2 N–H and O–H groups in total. The molecule has 0 saturated heterocycles. The van der Waals surface area contributed by atoms with Crippen molar-refractivity contribution in [2.45, 2.75) is 5.33 Å². The van der Waals surface area contributed by atoms with Gasteiger partial charge in [0, 0.05) is 22.6 Å². The van der Waals surface area contributed by atoms with Gasteiger partial charge in [0.1, 0.15) is 11.6 Å². The Kier molecular flexibility index (Phi) is 2.44. The number of nitrogens with two attached hydrogens (primary N) is 1. The van der Waals surface area contributed by atoms with Crippen molar-refractivity contribution in [1.29, 1.82) is 0 Å². The van der Waals surface area contributed by atoms with Gasteiger partial charge in [0.05, 0.1) is 0 Å². The van der Waals surface area contributed by atoms with E-state index in [-0.39, 0.29) is 5.69 Å². The minimum absolute atomic E-state index is 0.138. The van der Waals surface area contributed by atoms with Crippen LogP contribution in [0.4, 0.5) is 14.5 Å². The van der Waals surface area contributed by atoms with E-state index in [9.17, 15) is 8.78 Å². The Hall–Kier alpha value is -0.640. The van der Waals surface area contributed by atoms with Gasteiger partial charge < -0.3 is 5.73 Å². The fourth-order valence-corrected chi connectivity index (χ4v) is 1.36. The molecule has 1 nitrogen and oxygen atoms in total. The fourth-order valence-electron chi connectivity index (χ4n) is 0.764. The Labute approximate surface area is 71.3 Å². The van der Waals surface area contributed by atoms with Crippen LogP contribution in [0.25, 0.3) is 0 Å². The lowest BCUT2D eigenvalue weighted by atomic mass is 10.2. The van der Waals surface area contributed by atoms with Gasteiger partial charge in [0.15, 0.2) is 0 Å². The summed E-state index contributed by atoms with van der Waals surface area (Å²) in [4.78, 5) is 0. The summed E-state index contributed by atoms with van der Waals surface area (Å²) in [5.74, 6) is -1.26. The number of alkyl halides is 1. The molecule has 11 heavy (non-hydrogen) atoms. The van der Waals surface area contributed by atoms with Gasteiger partial charge in [0.25, 0.3) is 0 Å². The van der Waals surface area contributed by atoms with Crippen LogP contribution in [0, 0.1) is 11.6 Å². The molecule has 0 spiro atoms. The Balaban J connectivity index is 3.25. The summed E-state index contributed by atoms with van der Waals surface area (Å²) in [6.07, 6.45) is 0. The minimum Gasteiger partial charge on any atom is -0.398 e. The van der Waals surface area contributed by atoms with Crippen molar-refractivity contribution in [3.05, 3.63) is 29.3 Å². The molecule has 1 aromatic rings. The van der Waals surface area contributed by atoms with Crippen molar-refractivity contribution >= 4 is 21.6 Å². The summed E-state index contributed by atoms with van der Waals surface area (Å²) < 4.78 is 25.2. The third-order valence-corrected chi connectivity index (χ3v) is 1.89. The molecule has 0 unspecified atom stereocenters. The number of hydrogen-bond acceptors (Lipinski definition) is 1. The van der Waals surface area contributed by atoms with Crippen LogP contribution in [0.2, 0.25) is 0 Å². The van der Waals surface area contributed by atoms with Crippen LogP contribution >= 0.6 is 15.9 Å². The van der Waals surface area contributed by atoms with Crippen LogP contribution in [0.3, 0.4) is 0 Å². The van der Waals surface area contributed by atoms with E-state index in [1.54, 1.807) is 0 Å². The lowest BCUT2D eigenvalue weighted by Gasteiger charge is -2.02. The minimum atomic E-state index is -0.648. The summed E-state index contributed by atoms with van der Waals surface area (Å²) in [5, 5.41) is 0.297. The average Bonchev–Trinajstić information content (AvgIpc) is 1.85. The van der Waals surface area contributed by atoms with E-state index in [0.717, 1.165) is 12.1 Å². The standard InChI is InChI=1S/C7H6BrF2N/c8-3-5-6(10)1-4(9)2-7(5)11/h1-2H,3,11H2. The maximum absolute atomic E-state index is 12.8. The molecule has 60 valence electrons. The topological polar surface area (TPSA) is 26.0 Å². The van der Waals surface area contributed by atoms with Gasteiger partial charge >= 0.3 is 0 Å². The fraction of sp³-hybridized carbons (Fsp3) is 0.143. The van der Waals surface area contributed by atoms with Gasteiger partial charge in [-0.15, -0.1) is 0 Å². The number of benzene rings is 1. The Bertz CT molecular complexity index is 252. The molecule has 0 aliphatic rings. The van der Waals surface area contributed by atoms with E-state index in [1.165, 1.54) is 0 Å². The molecule has 0 amide bonds. The largest absolute Gasteiger partial charge is 0.398 e. The van der Waals surface area contributed by atoms with Crippen LogP contribution in [0.15, 0.2) is 12.1 Å². The molecule has 0 aliphatic heterocycles. The maximum Gasteiger partial charge on any atom is 0.132 e. The first-order valence-corrected chi connectivity index (χ1v) is 4.06. The van der Waals surface area contributed by atoms with Gasteiger partial charge in [-0.2, -0.15) is 0 Å². The third kappa shape index (κ3) is 1.68. The molecule has 0 bridgehead atoms. The lowest BCUT2D eigenvalue weighted by Crippen LogP contribution is -1.96. The average molecular weight is 222 g/mol. The normalized spacial score (nSPS) is 10.1. The van der Waals surface area contributed by atoms with E-state index >= 15 is 0 Å². The van der Waals surface area contributed by atoms with Crippen molar-refractivity contribution in [2.75, 3.05) is 5.73 Å². The number of nitrogen functional groups attached to an aromatic ring is 1. The highest BCUT2D eigenvalue weighted by Gasteiger charge is 2.06. The molecule has 1 rings (SSSR count). The number of anilines is 1. The molecule has 0 saturated carbocycles. The highest BCUT2D eigenvalue weighted by atomic mass is 79.9. The molecule has 0 atom stereocenters. The smallest absolute Gasteiger partial charge is 0.132 e. The first-order chi connectivity index (χ1) is 5.15. The van der Waals surface area contributed by atoms with Gasteiger partial charge in [-0.1, -0.05) is 15.9 Å². The number of halogens is 3. The van der Waals surface area contributed by atoms with Gasteiger partial charge in [-0.3, -0.25) is 0 Å². The van der Waals surface area contributed by atoms with Crippen molar-refractivity contribution in [1.82, 2.24) is 0 Å². The monoisotopic (exact) mass is 221 g/mol. The van der Waals surface area contributed by atoms with Crippen LogP contribution < -0.4 is 5.73 Å². The van der Waals surface area contributed by atoms with Crippen molar-refractivity contribution in [3.63, 3.8) is 0 Å². The van der Waals surface area contributed by atoms with Crippen molar-refractivity contribution in [2.24, 2.45) is 0 Å². The van der Waals surface area contributed by atoms with Crippen molar-refractivity contribution < 1.29 is 8.78 Å². The Morgan fingerprint density at radius 2 is 2.00 bits per heavy atom. The molecule has 0 heterocycles. The Morgan fingerprint density at radius 3 is 2.45 bits per heavy atom. The maximum atomic E-state index is 12.8. The van der Waals surface area contributed by atoms with E-state index < -0.39 is 11.6 Å². The van der Waals surface area contributed by atoms with Gasteiger partial charge in [0.2, 0.25) is 0 Å². The molecule has 0 radical (unpaired) electrons. The van der Waals surface area contributed by atoms with E-state index in [0.29, 0.717) is 10.9 Å². The second kappa shape index (κ2) is 3.17.